The highest BCUT2D eigenvalue weighted by Crippen LogP contribution is 2.25. The average Bonchev–Trinajstić information content (AvgIpc) is 2.41. The van der Waals surface area contributed by atoms with Crippen molar-refractivity contribution in [3.05, 3.63) is 23.2 Å². The van der Waals surface area contributed by atoms with E-state index in [0.717, 1.165) is 32.1 Å². The number of carbonyl (C=O) groups is 1. The molecule has 1 atom stereocenters. The molecule has 0 spiro atoms. The molecule has 1 aliphatic heterocycles. The molecule has 1 heterocycles. The lowest BCUT2D eigenvalue weighted by Gasteiger charge is -2.22. The Morgan fingerprint density at radius 2 is 2.15 bits per heavy atom. The van der Waals surface area contributed by atoms with Gasteiger partial charge < -0.3 is 10.6 Å². The van der Waals surface area contributed by atoms with Crippen LogP contribution in [0.3, 0.4) is 0 Å². The lowest BCUT2D eigenvalue weighted by Crippen LogP contribution is -2.43. The first-order valence-corrected chi connectivity index (χ1v) is 8.69. The van der Waals surface area contributed by atoms with Crippen molar-refractivity contribution in [1.29, 1.82) is 0 Å². The Kier molecular flexibility index (Phi) is 4.67. The Bertz CT molecular complexity index is 610. The van der Waals surface area contributed by atoms with Crippen LogP contribution in [-0.2, 0) is 14.6 Å². The Morgan fingerprint density at radius 1 is 1.40 bits per heavy atom. The van der Waals surface area contributed by atoms with Crippen LogP contribution in [0.2, 0.25) is 5.02 Å². The molecule has 0 aromatic heterocycles. The number of sulfone groups is 1. The molecule has 0 aliphatic carbocycles. The minimum absolute atomic E-state index is 0.133. The van der Waals surface area contributed by atoms with Crippen molar-refractivity contribution >= 4 is 33.0 Å². The summed E-state index contributed by atoms with van der Waals surface area (Å²) in [5.41, 5.74) is 0.326. The number of hydrogen-bond donors (Lipinski definition) is 2. The van der Waals surface area contributed by atoms with E-state index >= 15 is 0 Å². The monoisotopic (exact) mass is 316 g/mol. The van der Waals surface area contributed by atoms with Crippen LogP contribution in [0, 0.1) is 0 Å². The Balaban J connectivity index is 2.18. The van der Waals surface area contributed by atoms with E-state index in [0.29, 0.717) is 10.7 Å². The summed E-state index contributed by atoms with van der Waals surface area (Å²) in [5, 5.41) is 6.15. The minimum Gasteiger partial charge on any atom is -0.323 e. The first kappa shape index (κ1) is 15.3. The van der Waals surface area contributed by atoms with Crippen molar-refractivity contribution in [2.45, 2.75) is 30.2 Å². The normalized spacial score (nSPS) is 19.6. The number of nitrogens with one attached hydrogen (secondary N) is 2. The number of carbonyl (C=O) groups excluding carboxylic acids is 1. The van der Waals surface area contributed by atoms with Crippen molar-refractivity contribution in [2.24, 2.45) is 0 Å². The second-order valence-corrected chi connectivity index (χ2v) is 7.33. The molecule has 20 heavy (non-hydrogen) atoms. The fourth-order valence-electron chi connectivity index (χ4n) is 2.13. The van der Waals surface area contributed by atoms with Gasteiger partial charge in [0.1, 0.15) is 0 Å². The summed E-state index contributed by atoms with van der Waals surface area (Å²) in [6, 6.07) is 4.04. The zero-order chi connectivity index (χ0) is 14.8. The molecular weight excluding hydrogens is 300 g/mol. The summed E-state index contributed by atoms with van der Waals surface area (Å²) in [5.74, 6) is -0.183. The molecule has 1 amide bonds. The number of rotatable bonds is 3. The van der Waals surface area contributed by atoms with Gasteiger partial charge in [-0.1, -0.05) is 18.0 Å². The largest absolute Gasteiger partial charge is 0.323 e. The summed E-state index contributed by atoms with van der Waals surface area (Å²) in [4.78, 5) is 12.2. The molecule has 1 aromatic carbocycles. The highest BCUT2D eigenvalue weighted by molar-refractivity contribution is 7.90. The first-order valence-electron chi connectivity index (χ1n) is 6.42. The van der Waals surface area contributed by atoms with Crippen LogP contribution >= 0.6 is 11.6 Å². The summed E-state index contributed by atoms with van der Waals surface area (Å²) in [6.07, 6.45) is 3.95. The van der Waals surface area contributed by atoms with E-state index in [1.54, 1.807) is 0 Å². The fraction of sp³-hybridized carbons (Fsp3) is 0.462. The topological polar surface area (TPSA) is 75.3 Å². The van der Waals surface area contributed by atoms with Crippen LogP contribution in [-0.4, -0.2) is 33.2 Å². The maximum Gasteiger partial charge on any atom is 0.241 e. The molecule has 5 nitrogen and oxygen atoms in total. The van der Waals surface area contributed by atoms with E-state index in [-0.39, 0.29) is 16.8 Å². The molecule has 7 heteroatoms. The van der Waals surface area contributed by atoms with E-state index in [9.17, 15) is 13.2 Å². The van der Waals surface area contributed by atoms with Crippen molar-refractivity contribution in [3.8, 4) is 0 Å². The lowest BCUT2D eigenvalue weighted by molar-refractivity contribution is -0.118. The highest BCUT2D eigenvalue weighted by atomic mass is 35.5. The second-order valence-electron chi connectivity index (χ2n) is 4.91. The molecule has 0 radical (unpaired) electrons. The van der Waals surface area contributed by atoms with Crippen molar-refractivity contribution in [1.82, 2.24) is 5.32 Å². The molecule has 2 rings (SSSR count). The minimum atomic E-state index is -3.33. The number of piperidine rings is 1. The third kappa shape index (κ3) is 3.71. The van der Waals surface area contributed by atoms with Gasteiger partial charge in [-0.25, -0.2) is 8.42 Å². The zero-order valence-corrected chi connectivity index (χ0v) is 12.7. The smallest absolute Gasteiger partial charge is 0.241 e. The molecule has 1 aliphatic rings. The van der Waals surface area contributed by atoms with Gasteiger partial charge in [-0.05, 0) is 37.6 Å². The number of anilines is 1. The van der Waals surface area contributed by atoms with Gasteiger partial charge in [0.25, 0.3) is 0 Å². The first-order chi connectivity index (χ1) is 9.38. The van der Waals surface area contributed by atoms with Crippen LogP contribution < -0.4 is 10.6 Å². The Hall–Kier alpha value is -1.11. The predicted molar refractivity (Wildman–Crippen MR) is 78.8 cm³/mol. The average molecular weight is 317 g/mol. The zero-order valence-electron chi connectivity index (χ0n) is 11.1. The van der Waals surface area contributed by atoms with Crippen LogP contribution in [0.5, 0.6) is 0 Å². The van der Waals surface area contributed by atoms with Crippen molar-refractivity contribution < 1.29 is 13.2 Å². The summed E-state index contributed by atoms with van der Waals surface area (Å²) < 4.78 is 23.0. The lowest BCUT2D eigenvalue weighted by atomic mass is 10.0. The van der Waals surface area contributed by atoms with Gasteiger partial charge >= 0.3 is 0 Å². The summed E-state index contributed by atoms with van der Waals surface area (Å²) >= 11 is 6.00. The Morgan fingerprint density at radius 3 is 2.75 bits per heavy atom. The number of amides is 1. The second kappa shape index (κ2) is 6.11. The quantitative estimate of drug-likeness (QED) is 0.892. The van der Waals surface area contributed by atoms with Gasteiger partial charge in [0.2, 0.25) is 5.91 Å². The molecular formula is C13H17ClN2O3S. The van der Waals surface area contributed by atoms with Gasteiger partial charge in [0, 0.05) is 6.26 Å². The van der Waals surface area contributed by atoms with Gasteiger partial charge in [0.05, 0.1) is 21.6 Å². The molecule has 110 valence electrons. The summed E-state index contributed by atoms with van der Waals surface area (Å²) in [6.45, 7) is 0.815. The molecule has 1 unspecified atom stereocenters. The maximum atomic E-state index is 12.1. The van der Waals surface area contributed by atoms with Crippen molar-refractivity contribution in [2.75, 3.05) is 18.1 Å². The van der Waals surface area contributed by atoms with Crippen LogP contribution in [0.1, 0.15) is 19.3 Å². The molecule has 0 bridgehead atoms. The van der Waals surface area contributed by atoms with Gasteiger partial charge in [0.15, 0.2) is 9.84 Å². The van der Waals surface area contributed by atoms with Crippen LogP contribution in [0.4, 0.5) is 5.69 Å². The van der Waals surface area contributed by atoms with E-state index in [1.165, 1.54) is 18.2 Å². The molecule has 1 saturated heterocycles. The SMILES string of the molecule is CS(=O)(=O)c1ccc(Cl)c(NC(=O)C2CCCCN2)c1. The van der Waals surface area contributed by atoms with E-state index in [4.69, 9.17) is 11.6 Å². The highest BCUT2D eigenvalue weighted by Gasteiger charge is 2.21. The molecule has 2 N–H and O–H groups in total. The third-order valence-corrected chi connectivity index (χ3v) is 4.69. The number of benzene rings is 1. The van der Waals surface area contributed by atoms with Crippen LogP contribution in [0.15, 0.2) is 23.1 Å². The molecule has 0 saturated carbocycles. The van der Waals surface area contributed by atoms with Crippen LogP contribution in [0.25, 0.3) is 0 Å². The standard InChI is InChI=1S/C13H17ClN2O3S/c1-20(18,19)9-5-6-10(14)12(8-9)16-13(17)11-4-2-3-7-15-11/h5-6,8,11,15H,2-4,7H2,1H3,(H,16,17). The maximum absolute atomic E-state index is 12.1. The predicted octanol–water partition coefficient (Wildman–Crippen LogP) is 1.82. The van der Waals surface area contributed by atoms with Crippen molar-refractivity contribution in [3.63, 3.8) is 0 Å². The third-order valence-electron chi connectivity index (χ3n) is 3.25. The molecule has 1 aromatic rings. The molecule has 1 fully saturated rings. The number of halogens is 1. The number of hydrogen-bond acceptors (Lipinski definition) is 4. The fourth-order valence-corrected chi connectivity index (χ4v) is 2.94. The summed E-state index contributed by atoms with van der Waals surface area (Å²) in [7, 11) is -3.33. The van der Waals surface area contributed by atoms with E-state index in [1.807, 2.05) is 0 Å². The van der Waals surface area contributed by atoms with E-state index in [2.05, 4.69) is 10.6 Å². The Labute approximate surface area is 123 Å². The van der Waals surface area contributed by atoms with E-state index < -0.39 is 9.84 Å². The van der Waals surface area contributed by atoms with Gasteiger partial charge in [-0.15, -0.1) is 0 Å². The van der Waals surface area contributed by atoms with Gasteiger partial charge in [-0.2, -0.15) is 0 Å². The van der Waals surface area contributed by atoms with Gasteiger partial charge in [-0.3, -0.25) is 4.79 Å².